The van der Waals surface area contributed by atoms with Gasteiger partial charge in [0.15, 0.2) is 11.5 Å². The molecule has 3 aromatic rings. The molecule has 0 spiro atoms. The van der Waals surface area contributed by atoms with Crippen molar-refractivity contribution in [3.63, 3.8) is 0 Å². The van der Waals surface area contributed by atoms with Crippen LogP contribution in [0.15, 0.2) is 36.4 Å². The molecule has 0 fully saturated rings. The lowest BCUT2D eigenvalue weighted by Gasteiger charge is -2.14. The summed E-state index contributed by atoms with van der Waals surface area (Å²) in [6.07, 6.45) is 0. The standard InChI is InChI=1S/C20H23N5O4/c1-13-5-7-14(8-6-13)20-22-24-25(23-20)12-19(26)21-11-15-9-17(28-3)18(29-4)10-16(15)27-2/h5-10H,11-12H2,1-4H3,(H,21,26). The highest BCUT2D eigenvalue weighted by Gasteiger charge is 2.14. The number of aryl methyl sites for hydroxylation is 1. The van der Waals surface area contributed by atoms with E-state index in [0.29, 0.717) is 23.1 Å². The van der Waals surface area contributed by atoms with Crippen LogP contribution in [0, 0.1) is 6.92 Å². The van der Waals surface area contributed by atoms with Crippen LogP contribution >= 0.6 is 0 Å². The summed E-state index contributed by atoms with van der Waals surface area (Å²) in [5.41, 5.74) is 2.74. The van der Waals surface area contributed by atoms with Gasteiger partial charge in [0.1, 0.15) is 12.3 Å². The van der Waals surface area contributed by atoms with Crippen molar-refractivity contribution in [2.45, 2.75) is 20.0 Å². The Bertz CT molecular complexity index is 985. The Balaban J connectivity index is 1.64. The van der Waals surface area contributed by atoms with Gasteiger partial charge in [-0.1, -0.05) is 29.8 Å². The second kappa shape index (κ2) is 9.05. The first-order valence-corrected chi connectivity index (χ1v) is 8.94. The quantitative estimate of drug-likeness (QED) is 0.620. The summed E-state index contributed by atoms with van der Waals surface area (Å²) < 4.78 is 15.9. The third-order valence-electron chi connectivity index (χ3n) is 4.31. The van der Waals surface area contributed by atoms with Gasteiger partial charge in [-0.05, 0) is 18.2 Å². The van der Waals surface area contributed by atoms with Gasteiger partial charge in [0.05, 0.1) is 21.3 Å². The van der Waals surface area contributed by atoms with E-state index in [4.69, 9.17) is 14.2 Å². The molecule has 0 aliphatic heterocycles. The van der Waals surface area contributed by atoms with Crippen LogP contribution in [0.25, 0.3) is 11.4 Å². The van der Waals surface area contributed by atoms with E-state index < -0.39 is 0 Å². The van der Waals surface area contributed by atoms with Gasteiger partial charge in [0.2, 0.25) is 11.7 Å². The molecule has 0 radical (unpaired) electrons. The summed E-state index contributed by atoms with van der Waals surface area (Å²) in [6, 6.07) is 11.3. The molecule has 9 heteroatoms. The molecule has 0 saturated carbocycles. The zero-order valence-corrected chi connectivity index (χ0v) is 16.8. The highest BCUT2D eigenvalue weighted by Crippen LogP contribution is 2.34. The lowest BCUT2D eigenvalue weighted by molar-refractivity contribution is -0.122. The minimum absolute atomic E-state index is 0.0472. The van der Waals surface area contributed by atoms with Crippen LogP contribution in [0.1, 0.15) is 11.1 Å². The zero-order chi connectivity index (χ0) is 20.8. The largest absolute Gasteiger partial charge is 0.496 e. The number of hydrogen-bond donors (Lipinski definition) is 1. The van der Waals surface area contributed by atoms with Crippen molar-refractivity contribution in [3.05, 3.63) is 47.5 Å². The monoisotopic (exact) mass is 397 g/mol. The summed E-state index contributed by atoms with van der Waals surface area (Å²) in [6.45, 7) is 2.21. The molecule has 0 aliphatic carbocycles. The first-order chi connectivity index (χ1) is 14.0. The van der Waals surface area contributed by atoms with Gasteiger partial charge in [0, 0.05) is 23.7 Å². The lowest BCUT2D eigenvalue weighted by atomic mass is 10.1. The van der Waals surface area contributed by atoms with Crippen molar-refractivity contribution in [2.75, 3.05) is 21.3 Å². The molecule has 29 heavy (non-hydrogen) atoms. The summed E-state index contributed by atoms with van der Waals surface area (Å²) >= 11 is 0. The Hall–Kier alpha value is -3.62. The average Bonchev–Trinajstić information content (AvgIpc) is 3.20. The van der Waals surface area contributed by atoms with Crippen LogP contribution in [0.5, 0.6) is 17.2 Å². The molecule has 152 valence electrons. The summed E-state index contributed by atoms with van der Waals surface area (Å²) in [5, 5.41) is 15.0. The molecule has 1 heterocycles. The Kier molecular flexibility index (Phi) is 6.28. The number of nitrogens with one attached hydrogen (secondary N) is 1. The minimum atomic E-state index is -0.255. The number of nitrogens with zero attached hydrogens (tertiary/aromatic N) is 4. The van der Waals surface area contributed by atoms with Gasteiger partial charge in [-0.25, -0.2) is 0 Å². The maximum Gasteiger partial charge on any atom is 0.243 e. The molecule has 1 N–H and O–H groups in total. The number of ether oxygens (including phenoxy) is 3. The van der Waals surface area contributed by atoms with Crippen molar-refractivity contribution < 1.29 is 19.0 Å². The van der Waals surface area contributed by atoms with E-state index in [2.05, 4.69) is 20.7 Å². The predicted molar refractivity (Wildman–Crippen MR) is 106 cm³/mol. The van der Waals surface area contributed by atoms with Crippen LogP contribution in [-0.4, -0.2) is 47.4 Å². The molecule has 0 aliphatic rings. The number of rotatable bonds is 8. The summed E-state index contributed by atoms with van der Waals surface area (Å²) in [7, 11) is 4.65. The molecule has 3 rings (SSSR count). The highest BCUT2D eigenvalue weighted by molar-refractivity contribution is 5.75. The Morgan fingerprint density at radius 3 is 2.31 bits per heavy atom. The molecule has 2 aromatic carbocycles. The topological polar surface area (TPSA) is 100 Å². The predicted octanol–water partition coefficient (Wildman–Crippen LogP) is 1.99. The van der Waals surface area contributed by atoms with Crippen LogP contribution < -0.4 is 19.5 Å². The van der Waals surface area contributed by atoms with Crippen LogP contribution in [0.2, 0.25) is 0 Å². The normalized spacial score (nSPS) is 10.5. The lowest BCUT2D eigenvalue weighted by Crippen LogP contribution is -2.28. The molecular formula is C20H23N5O4. The van der Waals surface area contributed by atoms with E-state index in [-0.39, 0.29) is 19.0 Å². The van der Waals surface area contributed by atoms with Gasteiger partial charge in [-0.2, -0.15) is 4.80 Å². The zero-order valence-electron chi connectivity index (χ0n) is 16.8. The fourth-order valence-electron chi connectivity index (χ4n) is 2.74. The smallest absolute Gasteiger partial charge is 0.243 e. The summed E-state index contributed by atoms with van der Waals surface area (Å²) in [5.74, 6) is 1.91. The van der Waals surface area contributed by atoms with Gasteiger partial charge in [-0.3, -0.25) is 4.79 Å². The van der Waals surface area contributed by atoms with Crippen molar-refractivity contribution in [1.82, 2.24) is 25.5 Å². The van der Waals surface area contributed by atoms with Crippen LogP contribution in [-0.2, 0) is 17.9 Å². The second-order valence-corrected chi connectivity index (χ2v) is 6.31. The van der Waals surface area contributed by atoms with E-state index >= 15 is 0 Å². The SMILES string of the molecule is COc1cc(OC)c(OC)cc1CNC(=O)Cn1nnc(-c2ccc(C)cc2)n1. The number of amides is 1. The first kappa shape index (κ1) is 20.1. The Morgan fingerprint density at radius 2 is 1.66 bits per heavy atom. The fraction of sp³-hybridized carbons (Fsp3) is 0.300. The maximum absolute atomic E-state index is 12.3. The van der Waals surface area contributed by atoms with Crippen molar-refractivity contribution in [1.29, 1.82) is 0 Å². The Morgan fingerprint density at radius 1 is 1.00 bits per heavy atom. The third-order valence-corrected chi connectivity index (χ3v) is 4.31. The van der Waals surface area contributed by atoms with Crippen molar-refractivity contribution in [3.8, 4) is 28.6 Å². The van der Waals surface area contributed by atoms with E-state index in [1.54, 1.807) is 33.5 Å². The van der Waals surface area contributed by atoms with Crippen molar-refractivity contribution in [2.24, 2.45) is 0 Å². The van der Waals surface area contributed by atoms with E-state index in [9.17, 15) is 4.79 Å². The van der Waals surface area contributed by atoms with Gasteiger partial charge < -0.3 is 19.5 Å². The molecule has 9 nitrogen and oxygen atoms in total. The first-order valence-electron chi connectivity index (χ1n) is 8.94. The number of hydrogen-bond acceptors (Lipinski definition) is 7. The summed E-state index contributed by atoms with van der Waals surface area (Å²) in [4.78, 5) is 13.6. The van der Waals surface area contributed by atoms with Crippen LogP contribution in [0.4, 0.5) is 0 Å². The van der Waals surface area contributed by atoms with Gasteiger partial charge in [0.25, 0.3) is 0 Å². The molecule has 0 saturated heterocycles. The van der Waals surface area contributed by atoms with Crippen LogP contribution in [0.3, 0.4) is 0 Å². The Labute approximate surface area is 168 Å². The number of benzene rings is 2. The molecule has 1 amide bonds. The van der Waals surface area contributed by atoms with E-state index in [1.807, 2.05) is 31.2 Å². The minimum Gasteiger partial charge on any atom is -0.496 e. The number of aromatic nitrogens is 4. The van der Waals surface area contributed by atoms with Gasteiger partial charge >= 0.3 is 0 Å². The molecule has 1 aromatic heterocycles. The second-order valence-electron chi connectivity index (χ2n) is 6.31. The molecule has 0 atom stereocenters. The number of methoxy groups -OCH3 is 3. The molecular weight excluding hydrogens is 374 g/mol. The molecule has 0 bridgehead atoms. The van der Waals surface area contributed by atoms with E-state index in [0.717, 1.165) is 16.7 Å². The molecule has 0 unspecified atom stereocenters. The maximum atomic E-state index is 12.3. The average molecular weight is 397 g/mol. The van der Waals surface area contributed by atoms with Gasteiger partial charge in [-0.15, -0.1) is 10.2 Å². The highest BCUT2D eigenvalue weighted by atomic mass is 16.5. The third kappa shape index (κ3) is 4.81. The van der Waals surface area contributed by atoms with Crippen molar-refractivity contribution >= 4 is 5.91 Å². The fourth-order valence-corrected chi connectivity index (χ4v) is 2.74. The number of carbonyl (C=O) groups is 1. The number of tetrazole rings is 1. The number of carbonyl (C=O) groups excluding carboxylic acids is 1. The van der Waals surface area contributed by atoms with E-state index in [1.165, 1.54) is 4.80 Å².